The van der Waals surface area contributed by atoms with E-state index in [1.807, 2.05) is 13.0 Å². The molecule has 0 spiro atoms. The lowest BCUT2D eigenvalue weighted by Gasteiger charge is -2.24. The fraction of sp³-hybridized carbons (Fsp3) is 0.462. The Kier molecular flexibility index (Phi) is 4.10. The maximum Gasteiger partial charge on any atom is 0.224 e. The Labute approximate surface area is 115 Å². The number of nitrogens with one attached hydrogen (secondary N) is 1. The molecular weight excluding hydrogens is 302 g/mol. The van der Waals surface area contributed by atoms with Gasteiger partial charge in [0.25, 0.3) is 0 Å². The molecule has 1 N–H and O–H groups in total. The molecule has 0 aliphatic heterocycles. The predicted molar refractivity (Wildman–Crippen MR) is 74.5 cm³/mol. The molecule has 0 aromatic heterocycles. The second-order valence-corrected chi connectivity index (χ2v) is 5.89. The predicted octanol–water partition coefficient (Wildman–Crippen LogP) is 4.54. The van der Waals surface area contributed by atoms with Crippen molar-refractivity contribution in [3.05, 3.63) is 27.2 Å². The van der Waals surface area contributed by atoms with Crippen molar-refractivity contribution in [2.45, 2.75) is 32.6 Å². The Morgan fingerprint density at radius 1 is 1.53 bits per heavy atom. The van der Waals surface area contributed by atoms with Crippen LogP contribution in [-0.2, 0) is 4.79 Å². The molecule has 0 heterocycles. The summed E-state index contributed by atoms with van der Waals surface area (Å²) in [7, 11) is 0. The van der Waals surface area contributed by atoms with Gasteiger partial charge in [-0.05, 0) is 59.3 Å². The number of halogens is 2. The van der Waals surface area contributed by atoms with Gasteiger partial charge in [0.1, 0.15) is 0 Å². The van der Waals surface area contributed by atoms with E-state index in [4.69, 9.17) is 11.6 Å². The first kappa shape index (κ1) is 12.9. The zero-order valence-corrected chi connectivity index (χ0v) is 12.1. The minimum atomic E-state index is 0.0790. The molecule has 92 valence electrons. The van der Waals surface area contributed by atoms with E-state index in [9.17, 15) is 4.79 Å². The third kappa shape index (κ3) is 3.23. The number of hydrogen-bond acceptors (Lipinski definition) is 1. The van der Waals surface area contributed by atoms with Crippen molar-refractivity contribution in [1.82, 2.24) is 0 Å². The summed E-state index contributed by atoms with van der Waals surface area (Å²) in [6.45, 7) is 1.94. The summed E-state index contributed by atoms with van der Waals surface area (Å²) in [5.74, 6) is 0.657. The Balaban J connectivity index is 2.02. The van der Waals surface area contributed by atoms with E-state index in [1.54, 1.807) is 6.07 Å². The first-order chi connectivity index (χ1) is 8.06. The van der Waals surface area contributed by atoms with Gasteiger partial charge in [-0.3, -0.25) is 4.79 Å². The lowest BCUT2D eigenvalue weighted by molar-refractivity contribution is -0.117. The number of benzene rings is 1. The Morgan fingerprint density at radius 3 is 2.82 bits per heavy atom. The molecule has 1 aromatic carbocycles. The van der Waals surface area contributed by atoms with E-state index < -0.39 is 0 Å². The lowest BCUT2D eigenvalue weighted by atomic mass is 9.83. The van der Waals surface area contributed by atoms with Crippen LogP contribution in [0.5, 0.6) is 0 Å². The minimum absolute atomic E-state index is 0.0790. The normalized spacial score (nSPS) is 15.5. The van der Waals surface area contributed by atoms with Gasteiger partial charge in [-0.1, -0.05) is 18.0 Å². The highest BCUT2D eigenvalue weighted by Crippen LogP contribution is 2.32. The highest BCUT2D eigenvalue weighted by molar-refractivity contribution is 9.10. The number of amides is 1. The van der Waals surface area contributed by atoms with Gasteiger partial charge < -0.3 is 5.32 Å². The second kappa shape index (κ2) is 5.40. The van der Waals surface area contributed by atoms with Crippen molar-refractivity contribution < 1.29 is 4.79 Å². The summed E-state index contributed by atoms with van der Waals surface area (Å²) in [5, 5.41) is 3.58. The first-order valence-corrected chi connectivity index (χ1v) is 6.99. The van der Waals surface area contributed by atoms with Crippen LogP contribution in [0.25, 0.3) is 0 Å². The third-order valence-corrected chi connectivity index (χ3v) is 4.28. The van der Waals surface area contributed by atoms with Crippen molar-refractivity contribution in [2.75, 3.05) is 5.32 Å². The van der Waals surface area contributed by atoms with E-state index in [0.29, 0.717) is 17.4 Å². The molecule has 0 saturated heterocycles. The largest absolute Gasteiger partial charge is 0.325 e. The molecule has 0 bridgehead atoms. The Morgan fingerprint density at radius 2 is 2.24 bits per heavy atom. The van der Waals surface area contributed by atoms with Gasteiger partial charge in [0, 0.05) is 15.9 Å². The summed E-state index contributed by atoms with van der Waals surface area (Å²) in [6, 6.07) is 3.71. The molecule has 2 nitrogen and oxygen atoms in total. The van der Waals surface area contributed by atoms with Crippen LogP contribution in [0.4, 0.5) is 5.69 Å². The summed E-state index contributed by atoms with van der Waals surface area (Å²) >= 11 is 9.47. The number of carbonyl (C=O) groups excluding carboxylic acids is 1. The number of anilines is 1. The summed E-state index contributed by atoms with van der Waals surface area (Å²) < 4.78 is 0.876. The van der Waals surface area contributed by atoms with E-state index in [0.717, 1.165) is 15.7 Å². The van der Waals surface area contributed by atoms with Crippen molar-refractivity contribution in [3.63, 3.8) is 0 Å². The maximum atomic E-state index is 11.8. The molecule has 1 amide bonds. The molecule has 1 fully saturated rings. The van der Waals surface area contributed by atoms with Gasteiger partial charge in [0.15, 0.2) is 0 Å². The van der Waals surface area contributed by atoms with Crippen LogP contribution in [0.2, 0.25) is 5.02 Å². The lowest BCUT2D eigenvalue weighted by Crippen LogP contribution is -2.21. The highest BCUT2D eigenvalue weighted by atomic mass is 79.9. The topological polar surface area (TPSA) is 29.1 Å². The molecule has 2 rings (SSSR count). The van der Waals surface area contributed by atoms with E-state index >= 15 is 0 Å². The second-order valence-electron chi connectivity index (χ2n) is 4.63. The number of rotatable bonds is 3. The maximum absolute atomic E-state index is 11.8. The highest BCUT2D eigenvalue weighted by Gasteiger charge is 2.21. The molecule has 0 atom stereocenters. The van der Waals surface area contributed by atoms with Crippen LogP contribution in [0.3, 0.4) is 0 Å². The van der Waals surface area contributed by atoms with Crippen LogP contribution in [0.1, 0.15) is 31.2 Å². The minimum Gasteiger partial charge on any atom is -0.325 e. The quantitative estimate of drug-likeness (QED) is 0.871. The fourth-order valence-electron chi connectivity index (χ4n) is 1.90. The van der Waals surface area contributed by atoms with Gasteiger partial charge >= 0.3 is 0 Å². The molecule has 1 aliphatic rings. The smallest absolute Gasteiger partial charge is 0.224 e. The summed E-state index contributed by atoms with van der Waals surface area (Å²) in [4.78, 5) is 11.8. The van der Waals surface area contributed by atoms with Crippen LogP contribution in [0.15, 0.2) is 16.6 Å². The van der Waals surface area contributed by atoms with Crippen LogP contribution >= 0.6 is 27.5 Å². The number of carbonyl (C=O) groups is 1. The molecule has 1 aromatic rings. The molecule has 0 radical (unpaired) electrons. The average molecular weight is 317 g/mol. The summed E-state index contributed by atoms with van der Waals surface area (Å²) in [5.41, 5.74) is 1.75. The van der Waals surface area contributed by atoms with E-state index in [2.05, 4.69) is 21.2 Å². The van der Waals surface area contributed by atoms with Gasteiger partial charge in [-0.2, -0.15) is 0 Å². The SMILES string of the molecule is Cc1cc(Br)c(NC(=O)CC2CCC2)cc1Cl. The monoisotopic (exact) mass is 315 g/mol. The molecular formula is C13H15BrClNO. The molecule has 1 aliphatic carbocycles. The molecule has 0 unspecified atom stereocenters. The van der Waals surface area contributed by atoms with Crippen molar-refractivity contribution >= 4 is 39.1 Å². The zero-order valence-electron chi connectivity index (χ0n) is 9.72. The van der Waals surface area contributed by atoms with Gasteiger partial charge in [0.05, 0.1) is 5.69 Å². The first-order valence-electron chi connectivity index (χ1n) is 5.82. The molecule has 17 heavy (non-hydrogen) atoms. The Hall–Kier alpha value is -0.540. The van der Waals surface area contributed by atoms with Gasteiger partial charge in [-0.15, -0.1) is 0 Å². The van der Waals surface area contributed by atoms with E-state index in [-0.39, 0.29) is 5.91 Å². The van der Waals surface area contributed by atoms with Crippen molar-refractivity contribution in [2.24, 2.45) is 5.92 Å². The molecule has 1 saturated carbocycles. The fourth-order valence-corrected chi connectivity index (χ4v) is 2.62. The van der Waals surface area contributed by atoms with Crippen molar-refractivity contribution in [1.29, 1.82) is 0 Å². The van der Waals surface area contributed by atoms with Crippen LogP contribution in [0, 0.1) is 12.8 Å². The van der Waals surface area contributed by atoms with Crippen LogP contribution < -0.4 is 5.32 Å². The third-order valence-electron chi connectivity index (χ3n) is 3.22. The Bertz CT molecular complexity index is 443. The van der Waals surface area contributed by atoms with Crippen LogP contribution in [-0.4, -0.2) is 5.91 Å². The van der Waals surface area contributed by atoms with Crippen molar-refractivity contribution in [3.8, 4) is 0 Å². The standard InChI is InChI=1S/C13H15BrClNO/c1-8-5-10(14)12(7-11(8)15)16-13(17)6-9-3-2-4-9/h5,7,9H,2-4,6H2,1H3,(H,16,17). The average Bonchev–Trinajstić information content (AvgIpc) is 2.20. The van der Waals surface area contributed by atoms with Gasteiger partial charge in [0.2, 0.25) is 5.91 Å². The molecule has 4 heteroatoms. The number of hydrogen-bond donors (Lipinski definition) is 1. The number of aryl methyl sites for hydroxylation is 1. The summed E-state index contributed by atoms with van der Waals surface area (Å²) in [6.07, 6.45) is 4.25. The zero-order chi connectivity index (χ0) is 12.4. The van der Waals surface area contributed by atoms with E-state index in [1.165, 1.54) is 19.3 Å². The van der Waals surface area contributed by atoms with Gasteiger partial charge in [-0.25, -0.2) is 0 Å².